The molecule has 3 aromatic rings. The van der Waals surface area contributed by atoms with Gasteiger partial charge in [-0.25, -0.2) is 4.39 Å². The average Bonchev–Trinajstić information content (AvgIpc) is 2.99. The van der Waals surface area contributed by atoms with Gasteiger partial charge in [0.2, 0.25) is 0 Å². The van der Waals surface area contributed by atoms with Crippen molar-refractivity contribution in [1.29, 1.82) is 0 Å². The standard InChI is InChI=1S/C21H22FN3O3/c1-13-16(14(2)28-24-13)12-27-20-10-9-15(11-17(20)22)21(26)23-18-7-5-6-8-19(18)25(3)4/h5-11H,12H2,1-4H3,(H,23,26). The molecule has 6 nitrogen and oxygen atoms in total. The second-order valence-corrected chi connectivity index (χ2v) is 6.60. The van der Waals surface area contributed by atoms with Gasteiger partial charge in [0.25, 0.3) is 5.91 Å². The summed E-state index contributed by atoms with van der Waals surface area (Å²) < 4.78 is 25.0. The molecule has 0 saturated carbocycles. The van der Waals surface area contributed by atoms with Crippen molar-refractivity contribution in [3.05, 3.63) is 70.9 Å². The van der Waals surface area contributed by atoms with Gasteiger partial charge in [-0.05, 0) is 44.2 Å². The van der Waals surface area contributed by atoms with E-state index in [0.29, 0.717) is 17.1 Å². The predicted molar refractivity (Wildman–Crippen MR) is 105 cm³/mol. The first-order valence-corrected chi connectivity index (χ1v) is 8.78. The second-order valence-electron chi connectivity index (χ2n) is 6.60. The molecule has 0 aliphatic carbocycles. The van der Waals surface area contributed by atoms with E-state index in [1.54, 1.807) is 19.9 Å². The van der Waals surface area contributed by atoms with Crippen LogP contribution in [0.3, 0.4) is 0 Å². The van der Waals surface area contributed by atoms with Crippen LogP contribution in [-0.2, 0) is 6.61 Å². The summed E-state index contributed by atoms with van der Waals surface area (Å²) in [5.41, 5.74) is 3.19. The van der Waals surface area contributed by atoms with E-state index in [2.05, 4.69) is 10.5 Å². The fourth-order valence-corrected chi connectivity index (χ4v) is 2.78. The number of hydrogen-bond donors (Lipinski definition) is 1. The highest BCUT2D eigenvalue weighted by Crippen LogP contribution is 2.25. The van der Waals surface area contributed by atoms with E-state index >= 15 is 0 Å². The van der Waals surface area contributed by atoms with E-state index < -0.39 is 11.7 Å². The second kappa shape index (κ2) is 8.12. The Bertz CT molecular complexity index is 979. The monoisotopic (exact) mass is 383 g/mol. The zero-order valence-corrected chi connectivity index (χ0v) is 16.2. The maximum absolute atomic E-state index is 14.4. The van der Waals surface area contributed by atoms with E-state index in [-0.39, 0.29) is 17.9 Å². The fourth-order valence-electron chi connectivity index (χ4n) is 2.78. The molecule has 0 aliphatic rings. The van der Waals surface area contributed by atoms with E-state index in [1.165, 1.54) is 12.1 Å². The molecule has 3 rings (SSSR count). The quantitative estimate of drug-likeness (QED) is 0.686. The molecule has 1 heterocycles. The Morgan fingerprint density at radius 3 is 2.61 bits per heavy atom. The molecule has 0 aliphatic heterocycles. The summed E-state index contributed by atoms with van der Waals surface area (Å²) in [5.74, 6) is -0.315. The van der Waals surface area contributed by atoms with Gasteiger partial charge in [0, 0.05) is 19.7 Å². The molecule has 0 unspecified atom stereocenters. The number of nitrogens with zero attached hydrogens (tertiary/aromatic N) is 2. The molecular weight excluding hydrogens is 361 g/mol. The lowest BCUT2D eigenvalue weighted by molar-refractivity contribution is 0.102. The smallest absolute Gasteiger partial charge is 0.255 e. The average molecular weight is 383 g/mol. The number of nitrogens with one attached hydrogen (secondary N) is 1. The number of anilines is 2. The van der Waals surface area contributed by atoms with Crippen molar-refractivity contribution in [2.24, 2.45) is 0 Å². The third kappa shape index (κ3) is 4.14. The Labute approximate surface area is 162 Å². The van der Waals surface area contributed by atoms with Crippen molar-refractivity contribution < 1.29 is 18.4 Å². The molecule has 0 saturated heterocycles. The first kappa shape index (κ1) is 19.4. The lowest BCUT2D eigenvalue weighted by Gasteiger charge is -2.17. The molecule has 0 fully saturated rings. The number of carbonyl (C=O) groups excluding carboxylic acids is 1. The fraction of sp³-hybridized carbons (Fsp3) is 0.238. The van der Waals surface area contributed by atoms with Crippen molar-refractivity contribution >= 4 is 17.3 Å². The van der Waals surface area contributed by atoms with Gasteiger partial charge in [0.05, 0.1) is 22.6 Å². The third-order valence-electron chi connectivity index (χ3n) is 4.38. The molecule has 7 heteroatoms. The topological polar surface area (TPSA) is 67.6 Å². The van der Waals surface area contributed by atoms with Crippen LogP contribution in [0.2, 0.25) is 0 Å². The van der Waals surface area contributed by atoms with Gasteiger partial charge >= 0.3 is 0 Å². The van der Waals surface area contributed by atoms with Gasteiger partial charge in [0.1, 0.15) is 12.4 Å². The van der Waals surface area contributed by atoms with Crippen LogP contribution < -0.4 is 15.0 Å². The number of para-hydroxylation sites is 2. The number of amides is 1. The summed E-state index contributed by atoms with van der Waals surface area (Å²) >= 11 is 0. The SMILES string of the molecule is Cc1noc(C)c1COc1ccc(C(=O)Nc2ccccc2N(C)C)cc1F. The highest BCUT2D eigenvalue weighted by atomic mass is 19.1. The summed E-state index contributed by atoms with van der Waals surface area (Å²) in [6.45, 7) is 3.71. The molecule has 1 N–H and O–H groups in total. The van der Waals surface area contributed by atoms with Crippen LogP contribution in [0.5, 0.6) is 5.75 Å². The zero-order valence-electron chi connectivity index (χ0n) is 16.2. The van der Waals surface area contributed by atoms with Crippen molar-refractivity contribution in [2.45, 2.75) is 20.5 Å². The molecular formula is C21H22FN3O3. The van der Waals surface area contributed by atoms with Crippen LogP contribution >= 0.6 is 0 Å². The summed E-state index contributed by atoms with van der Waals surface area (Å²) in [5, 5.41) is 6.66. The number of halogens is 1. The van der Waals surface area contributed by atoms with E-state index in [0.717, 1.165) is 17.3 Å². The van der Waals surface area contributed by atoms with Gasteiger partial charge in [-0.15, -0.1) is 0 Å². The Kier molecular flexibility index (Phi) is 5.63. The predicted octanol–water partition coefficient (Wildman–Crippen LogP) is 4.33. The van der Waals surface area contributed by atoms with Crippen LogP contribution in [0.25, 0.3) is 0 Å². The zero-order chi connectivity index (χ0) is 20.3. The summed E-state index contributed by atoms with van der Waals surface area (Å²) in [6.07, 6.45) is 0. The van der Waals surface area contributed by atoms with Crippen LogP contribution in [0.1, 0.15) is 27.4 Å². The molecule has 146 valence electrons. The Morgan fingerprint density at radius 2 is 1.96 bits per heavy atom. The number of aryl methyl sites for hydroxylation is 2. The van der Waals surface area contributed by atoms with Crippen molar-refractivity contribution in [2.75, 3.05) is 24.3 Å². The molecule has 2 aromatic carbocycles. The molecule has 1 aromatic heterocycles. The minimum atomic E-state index is -0.611. The van der Waals surface area contributed by atoms with E-state index in [9.17, 15) is 9.18 Å². The number of hydrogen-bond acceptors (Lipinski definition) is 5. The Hall–Kier alpha value is -3.35. The molecule has 1 amide bonds. The third-order valence-corrected chi connectivity index (χ3v) is 4.38. The largest absolute Gasteiger partial charge is 0.486 e. The molecule has 0 radical (unpaired) electrons. The number of rotatable bonds is 6. The maximum Gasteiger partial charge on any atom is 0.255 e. The van der Waals surface area contributed by atoms with Gasteiger partial charge < -0.3 is 19.5 Å². The number of benzene rings is 2. The molecule has 28 heavy (non-hydrogen) atoms. The first-order chi connectivity index (χ1) is 13.4. The van der Waals surface area contributed by atoms with Gasteiger partial charge in [0.15, 0.2) is 11.6 Å². The molecule has 0 bridgehead atoms. The van der Waals surface area contributed by atoms with Crippen LogP contribution in [0.4, 0.5) is 15.8 Å². The maximum atomic E-state index is 14.4. The van der Waals surface area contributed by atoms with E-state index in [1.807, 2.05) is 37.2 Å². The van der Waals surface area contributed by atoms with Gasteiger partial charge in [-0.3, -0.25) is 4.79 Å². The summed E-state index contributed by atoms with van der Waals surface area (Å²) in [4.78, 5) is 14.4. The van der Waals surface area contributed by atoms with Gasteiger partial charge in [-0.1, -0.05) is 17.3 Å². The Balaban J connectivity index is 1.72. The minimum Gasteiger partial charge on any atom is -0.486 e. The highest BCUT2D eigenvalue weighted by Gasteiger charge is 2.15. The van der Waals surface area contributed by atoms with Crippen LogP contribution in [-0.4, -0.2) is 25.2 Å². The number of ether oxygens (including phenoxy) is 1. The summed E-state index contributed by atoms with van der Waals surface area (Å²) in [7, 11) is 3.77. The number of aromatic nitrogens is 1. The molecule has 0 atom stereocenters. The Morgan fingerprint density at radius 1 is 1.21 bits per heavy atom. The first-order valence-electron chi connectivity index (χ1n) is 8.78. The summed E-state index contributed by atoms with van der Waals surface area (Å²) in [6, 6.07) is 11.5. The lowest BCUT2D eigenvalue weighted by atomic mass is 10.1. The normalized spacial score (nSPS) is 10.6. The number of carbonyl (C=O) groups is 1. The van der Waals surface area contributed by atoms with Crippen LogP contribution in [0, 0.1) is 19.7 Å². The van der Waals surface area contributed by atoms with E-state index in [4.69, 9.17) is 9.26 Å². The van der Waals surface area contributed by atoms with Crippen molar-refractivity contribution in [3.8, 4) is 5.75 Å². The molecule has 0 spiro atoms. The van der Waals surface area contributed by atoms with Gasteiger partial charge in [-0.2, -0.15) is 0 Å². The van der Waals surface area contributed by atoms with Crippen molar-refractivity contribution in [3.63, 3.8) is 0 Å². The minimum absolute atomic E-state index is 0.0604. The lowest BCUT2D eigenvalue weighted by Crippen LogP contribution is -2.16. The van der Waals surface area contributed by atoms with Crippen molar-refractivity contribution in [1.82, 2.24) is 5.16 Å². The van der Waals surface area contributed by atoms with Crippen LogP contribution in [0.15, 0.2) is 47.0 Å². The highest BCUT2D eigenvalue weighted by molar-refractivity contribution is 6.06.